The molecule has 1 heterocycles. The van der Waals surface area contributed by atoms with Crippen LogP contribution in [0.3, 0.4) is 0 Å². The van der Waals surface area contributed by atoms with E-state index in [1.807, 2.05) is 0 Å². The van der Waals surface area contributed by atoms with Crippen LogP contribution in [0.2, 0.25) is 0 Å². The number of rotatable bonds is 6. The van der Waals surface area contributed by atoms with Crippen LogP contribution in [0.25, 0.3) is 0 Å². The predicted octanol–water partition coefficient (Wildman–Crippen LogP) is 2.18. The van der Waals surface area contributed by atoms with Crippen LogP contribution in [0.4, 0.5) is 5.82 Å². The number of hydrogen-bond donors (Lipinski definition) is 1. The summed E-state index contributed by atoms with van der Waals surface area (Å²) in [5.74, 6) is 0.516. The molecule has 0 aliphatic heterocycles. The number of nitrogens with zero attached hydrogens (tertiary/aromatic N) is 1. The first-order valence-corrected chi connectivity index (χ1v) is 7.11. The zero-order valence-corrected chi connectivity index (χ0v) is 13.8. The van der Waals surface area contributed by atoms with E-state index in [2.05, 4.69) is 10.5 Å². The van der Waals surface area contributed by atoms with Gasteiger partial charge in [-0.3, -0.25) is 4.79 Å². The van der Waals surface area contributed by atoms with Gasteiger partial charge in [0, 0.05) is 6.07 Å². The number of hydrogen-bond acceptors (Lipinski definition) is 7. The Hall–Kier alpha value is -3.03. The second-order valence-electron chi connectivity index (χ2n) is 4.93. The summed E-state index contributed by atoms with van der Waals surface area (Å²) in [7, 11) is 2.96. The number of methoxy groups -OCH3 is 2. The molecule has 1 unspecified atom stereocenters. The Kier molecular flexibility index (Phi) is 5.41. The van der Waals surface area contributed by atoms with Crippen molar-refractivity contribution in [2.24, 2.45) is 0 Å². The minimum absolute atomic E-state index is 0.240. The Labute approximate surface area is 138 Å². The molecule has 0 spiro atoms. The lowest BCUT2D eigenvalue weighted by Gasteiger charge is -2.13. The Morgan fingerprint density at radius 2 is 1.88 bits per heavy atom. The lowest BCUT2D eigenvalue weighted by Crippen LogP contribution is -2.30. The highest BCUT2D eigenvalue weighted by Gasteiger charge is 2.21. The minimum Gasteiger partial charge on any atom is -0.493 e. The highest BCUT2D eigenvalue weighted by molar-refractivity contribution is 5.97. The van der Waals surface area contributed by atoms with Crippen molar-refractivity contribution in [1.29, 1.82) is 0 Å². The maximum atomic E-state index is 12.2. The maximum absolute atomic E-state index is 12.2. The van der Waals surface area contributed by atoms with Crippen LogP contribution in [-0.4, -0.2) is 37.4 Å². The van der Waals surface area contributed by atoms with E-state index in [4.69, 9.17) is 18.7 Å². The minimum atomic E-state index is -1.01. The molecule has 2 aromatic rings. The van der Waals surface area contributed by atoms with Gasteiger partial charge in [-0.2, -0.15) is 0 Å². The second-order valence-corrected chi connectivity index (χ2v) is 4.93. The standard InChI is InChI=1S/C16H18N2O6/c1-9-7-14(18-24-9)17-15(19)10(2)23-16(20)11-5-6-12(21-3)13(8-11)22-4/h5-8,10H,1-4H3,(H,17,18,19). The first kappa shape index (κ1) is 17.3. The summed E-state index contributed by atoms with van der Waals surface area (Å²) in [4.78, 5) is 24.1. The number of esters is 1. The zero-order valence-electron chi connectivity index (χ0n) is 13.8. The molecule has 1 aromatic carbocycles. The summed E-state index contributed by atoms with van der Waals surface area (Å²) in [6, 6.07) is 6.14. The van der Waals surface area contributed by atoms with Crippen LogP contribution in [0, 0.1) is 6.92 Å². The second kappa shape index (κ2) is 7.49. The topological polar surface area (TPSA) is 99.9 Å². The van der Waals surface area contributed by atoms with E-state index in [0.717, 1.165) is 0 Å². The first-order valence-electron chi connectivity index (χ1n) is 7.11. The summed E-state index contributed by atoms with van der Waals surface area (Å²) in [6.07, 6.45) is -1.01. The first-order chi connectivity index (χ1) is 11.4. The molecule has 0 fully saturated rings. The number of benzene rings is 1. The lowest BCUT2D eigenvalue weighted by atomic mass is 10.2. The van der Waals surface area contributed by atoms with E-state index in [1.165, 1.54) is 33.3 Å². The van der Waals surface area contributed by atoms with E-state index >= 15 is 0 Å². The molecular weight excluding hydrogens is 316 g/mol. The van der Waals surface area contributed by atoms with E-state index in [0.29, 0.717) is 17.3 Å². The van der Waals surface area contributed by atoms with Gasteiger partial charge in [-0.15, -0.1) is 0 Å². The predicted molar refractivity (Wildman–Crippen MR) is 84.3 cm³/mol. The molecule has 0 aliphatic rings. The van der Waals surface area contributed by atoms with Crippen LogP contribution in [0.5, 0.6) is 11.5 Å². The molecule has 1 atom stereocenters. The molecule has 8 nitrogen and oxygen atoms in total. The third kappa shape index (κ3) is 4.03. The van der Waals surface area contributed by atoms with E-state index in [-0.39, 0.29) is 11.4 Å². The summed E-state index contributed by atoms with van der Waals surface area (Å²) < 4.78 is 20.2. The van der Waals surface area contributed by atoms with Gasteiger partial charge in [0.1, 0.15) is 5.76 Å². The molecule has 0 radical (unpaired) electrons. The Morgan fingerprint density at radius 1 is 1.17 bits per heavy atom. The van der Waals surface area contributed by atoms with Gasteiger partial charge in [-0.25, -0.2) is 4.79 Å². The normalized spacial score (nSPS) is 11.5. The quantitative estimate of drug-likeness (QED) is 0.808. The van der Waals surface area contributed by atoms with Gasteiger partial charge in [0.05, 0.1) is 19.8 Å². The molecule has 24 heavy (non-hydrogen) atoms. The number of aromatic nitrogens is 1. The third-order valence-corrected chi connectivity index (χ3v) is 3.15. The maximum Gasteiger partial charge on any atom is 0.339 e. The highest BCUT2D eigenvalue weighted by Crippen LogP contribution is 2.27. The lowest BCUT2D eigenvalue weighted by molar-refractivity contribution is -0.123. The summed E-state index contributed by atoms with van der Waals surface area (Å²) in [5, 5.41) is 6.13. The van der Waals surface area contributed by atoms with Gasteiger partial charge in [0.25, 0.3) is 5.91 Å². The molecule has 1 N–H and O–H groups in total. The molecule has 1 aromatic heterocycles. The van der Waals surface area contributed by atoms with E-state index in [1.54, 1.807) is 19.1 Å². The van der Waals surface area contributed by atoms with Gasteiger partial charge in [0.15, 0.2) is 23.4 Å². The molecular formula is C16H18N2O6. The van der Waals surface area contributed by atoms with Crippen molar-refractivity contribution < 1.29 is 28.3 Å². The Bertz CT molecular complexity index is 740. The Balaban J connectivity index is 2.01. The fraction of sp³-hybridized carbons (Fsp3) is 0.312. The van der Waals surface area contributed by atoms with Crippen molar-refractivity contribution in [3.63, 3.8) is 0 Å². The zero-order chi connectivity index (χ0) is 17.7. The number of nitrogens with one attached hydrogen (secondary N) is 1. The molecule has 0 aliphatic carbocycles. The molecule has 0 bridgehead atoms. The molecule has 0 saturated carbocycles. The van der Waals surface area contributed by atoms with Crippen molar-refractivity contribution in [2.45, 2.75) is 20.0 Å². The number of anilines is 1. The van der Waals surface area contributed by atoms with Crippen molar-refractivity contribution >= 4 is 17.7 Å². The van der Waals surface area contributed by atoms with Gasteiger partial charge < -0.3 is 24.1 Å². The molecule has 128 valence electrons. The number of carbonyl (C=O) groups is 2. The molecule has 1 amide bonds. The van der Waals surface area contributed by atoms with Crippen LogP contribution in [0.1, 0.15) is 23.0 Å². The number of carbonyl (C=O) groups excluding carboxylic acids is 2. The van der Waals surface area contributed by atoms with E-state index in [9.17, 15) is 9.59 Å². The van der Waals surface area contributed by atoms with Gasteiger partial charge in [-0.1, -0.05) is 5.16 Å². The van der Waals surface area contributed by atoms with Crippen LogP contribution in [0.15, 0.2) is 28.8 Å². The highest BCUT2D eigenvalue weighted by atomic mass is 16.5. The van der Waals surface area contributed by atoms with Gasteiger partial charge in [-0.05, 0) is 32.0 Å². The Morgan fingerprint density at radius 3 is 2.46 bits per heavy atom. The average Bonchev–Trinajstić information content (AvgIpc) is 2.98. The van der Waals surface area contributed by atoms with Gasteiger partial charge >= 0.3 is 5.97 Å². The van der Waals surface area contributed by atoms with Crippen molar-refractivity contribution in [1.82, 2.24) is 5.16 Å². The smallest absolute Gasteiger partial charge is 0.339 e. The SMILES string of the molecule is COc1ccc(C(=O)OC(C)C(=O)Nc2cc(C)on2)cc1OC. The molecule has 0 saturated heterocycles. The van der Waals surface area contributed by atoms with Crippen molar-refractivity contribution in [3.8, 4) is 11.5 Å². The molecule has 2 rings (SSSR count). The van der Waals surface area contributed by atoms with Crippen LogP contribution in [-0.2, 0) is 9.53 Å². The van der Waals surface area contributed by atoms with Crippen molar-refractivity contribution in [3.05, 3.63) is 35.6 Å². The van der Waals surface area contributed by atoms with Gasteiger partial charge in [0.2, 0.25) is 0 Å². The summed E-state index contributed by atoms with van der Waals surface area (Å²) in [5.41, 5.74) is 0.240. The van der Waals surface area contributed by atoms with Crippen molar-refractivity contribution in [2.75, 3.05) is 19.5 Å². The number of aryl methyl sites for hydroxylation is 1. The summed E-state index contributed by atoms with van der Waals surface area (Å²) in [6.45, 7) is 3.16. The van der Waals surface area contributed by atoms with E-state index < -0.39 is 18.0 Å². The number of amides is 1. The average molecular weight is 334 g/mol. The third-order valence-electron chi connectivity index (χ3n) is 3.15. The fourth-order valence-corrected chi connectivity index (χ4v) is 1.90. The number of ether oxygens (including phenoxy) is 3. The largest absolute Gasteiger partial charge is 0.493 e. The molecule has 8 heteroatoms. The fourth-order valence-electron chi connectivity index (χ4n) is 1.90. The van der Waals surface area contributed by atoms with Crippen LogP contribution < -0.4 is 14.8 Å². The van der Waals surface area contributed by atoms with Crippen LogP contribution >= 0.6 is 0 Å². The monoisotopic (exact) mass is 334 g/mol. The summed E-state index contributed by atoms with van der Waals surface area (Å²) >= 11 is 0.